The number of nitrogens with one attached hydrogen (secondary N) is 1. The Balaban J connectivity index is 1.86. The number of pyridine rings is 1. The predicted molar refractivity (Wildman–Crippen MR) is 77.7 cm³/mol. The number of rotatable bonds is 2. The van der Waals surface area contributed by atoms with Crippen LogP contribution in [0.3, 0.4) is 0 Å². The van der Waals surface area contributed by atoms with Gasteiger partial charge in [-0.25, -0.2) is 0 Å². The highest BCUT2D eigenvalue weighted by molar-refractivity contribution is 9.10. The van der Waals surface area contributed by atoms with Gasteiger partial charge in [0.2, 0.25) is 0 Å². The van der Waals surface area contributed by atoms with Crippen LogP contribution < -0.4 is 5.32 Å². The van der Waals surface area contributed by atoms with Gasteiger partial charge in [-0.2, -0.15) is 0 Å². The minimum absolute atomic E-state index is 0.337. The number of nitrogens with zero attached hydrogens (tertiary/aromatic N) is 1. The molecule has 92 valence electrons. The highest BCUT2D eigenvalue weighted by Gasteiger charge is 2.20. The van der Waals surface area contributed by atoms with Crippen LogP contribution in [0, 0.1) is 0 Å². The van der Waals surface area contributed by atoms with Crippen molar-refractivity contribution in [2.24, 2.45) is 0 Å². The van der Waals surface area contributed by atoms with Gasteiger partial charge in [0.05, 0.1) is 11.7 Å². The molecule has 1 unspecified atom stereocenters. The maximum atomic E-state index is 4.55. The zero-order valence-electron chi connectivity index (χ0n) is 10.1. The van der Waals surface area contributed by atoms with Gasteiger partial charge in [0.1, 0.15) is 0 Å². The molecule has 0 radical (unpaired) electrons. The van der Waals surface area contributed by atoms with Gasteiger partial charge in [0, 0.05) is 16.4 Å². The molecule has 0 saturated carbocycles. The standard InChI is InChI=1S/C15H15BrN2/c16-12-6-2-7-13(10-12)18-14-8-1-4-11-5-3-9-17-15(11)14/h2-3,5-7,9-10,14,18H,1,4,8H2. The molecular weight excluding hydrogens is 288 g/mol. The SMILES string of the molecule is Brc1cccc(NC2CCCc3cccnc32)c1. The first kappa shape index (κ1) is 11.7. The quantitative estimate of drug-likeness (QED) is 0.893. The third-order valence-electron chi connectivity index (χ3n) is 3.36. The molecule has 1 aromatic heterocycles. The van der Waals surface area contributed by atoms with Gasteiger partial charge in [-0.3, -0.25) is 4.98 Å². The van der Waals surface area contributed by atoms with Crippen molar-refractivity contribution in [3.05, 3.63) is 58.3 Å². The molecule has 1 aliphatic carbocycles. The molecule has 1 aromatic carbocycles. The third kappa shape index (κ3) is 2.41. The van der Waals surface area contributed by atoms with Crippen molar-refractivity contribution < 1.29 is 0 Å². The minimum atomic E-state index is 0.337. The fraction of sp³-hybridized carbons (Fsp3) is 0.267. The Bertz CT molecular complexity index is 554. The van der Waals surface area contributed by atoms with Crippen molar-refractivity contribution in [1.29, 1.82) is 0 Å². The Morgan fingerprint density at radius 3 is 3.06 bits per heavy atom. The molecule has 0 bridgehead atoms. The second-order valence-corrected chi connectivity index (χ2v) is 5.56. The summed E-state index contributed by atoms with van der Waals surface area (Å²) >= 11 is 3.50. The van der Waals surface area contributed by atoms with Gasteiger partial charge in [-0.15, -0.1) is 0 Å². The normalized spacial score (nSPS) is 18.2. The molecule has 0 fully saturated rings. The van der Waals surface area contributed by atoms with E-state index in [0.717, 1.165) is 23.0 Å². The van der Waals surface area contributed by atoms with Gasteiger partial charge in [0.15, 0.2) is 0 Å². The highest BCUT2D eigenvalue weighted by Crippen LogP contribution is 2.31. The van der Waals surface area contributed by atoms with E-state index in [-0.39, 0.29) is 0 Å². The van der Waals surface area contributed by atoms with Crippen molar-refractivity contribution in [1.82, 2.24) is 4.98 Å². The van der Waals surface area contributed by atoms with Crippen LogP contribution in [0.5, 0.6) is 0 Å². The van der Waals surface area contributed by atoms with E-state index in [9.17, 15) is 0 Å². The van der Waals surface area contributed by atoms with Crippen molar-refractivity contribution in [3.63, 3.8) is 0 Å². The topological polar surface area (TPSA) is 24.9 Å². The zero-order chi connectivity index (χ0) is 12.4. The molecule has 2 nitrogen and oxygen atoms in total. The van der Waals surface area contributed by atoms with E-state index in [1.54, 1.807) is 0 Å². The van der Waals surface area contributed by atoms with Crippen molar-refractivity contribution in [3.8, 4) is 0 Å². The smallest absolute Gasteiger partial charge is 0.0688 e. The van der Waals surface area contributed by atoms with E-state index in [4.69, 9.17) is 0 Å². The number of aromatic nitrogens is 1. The van der Waals surface area contributed by atoms with Crippen LogP contribution in [0.4, 0.5) is 5.69 Å². The molecular formula is C15H15BrN2. The number of hydrogen-bond acceptors (Lipinski definition) is 2. The van der Waals surface area contributed by atoms with Gasteiger partial charge in [-0.1, -0.05) is 28.1 Å². The van der Waals surface area contributed by atoms with E-state index < -0.39 is 0 Å². The molecule has 0 saturated heterocycles. The monoisotopic (exact) mass is 302 g/mol. The maximum absolute atomic E-state index is 4.55. The maximum Gasteiger partial charge on any atom is 0.0688 e. The van der Waals surface area contributed by atoms with Gasteiger partial charge in [0.25, 0.3) is 0 Å². The Labute approximate surface area is 116 Å². The largest absolute Gasteiger partial charge is 0.377 e. The average Bonchev–Trinajstić information content (AvgIpc) is 2.39. The summed E-state index contributed by atoms with van der Waals surface area (Å²) in [4.78, 5) is 4.55. The molecule has 1 heterocycles. The van der Waals surface area contributed by atoms with Gasteiger partial charge in [-0.05, 0) is 49.1 Å². The molecule has 0 aliphatic heterocycles. The van der Waals surface area contributed by atoms with Crippen LogP contribution in [-0.4, -0.2) is 4.98 Å². The molecule has 3 rings (SSSR count). The van der Waals surface area contributed by atoms with Crippen LogP contribution in [0.25, 0.3) is 0 Å². The van der Waals surface area contributed by atoms with Crippen LogP contribution in [-0.2, 0) is 6.42 Å². The molecule has 3 heteroatoms. The van der Waals surface area contributed by atoms with E-state index in [0.29, 0.717) is 6.04 Å². The molecule has 0 spiro atoms. The van der Waals surface area contributed by atoms with E-state index in [1.165, 1.54) is 17.7 Å². The van der Waals surface area contributed by atoms with Crippen LogP contribution in [0.15, 0.2) is 47.1 Å². The summed E-state index contributed by atoms with van der Waals surface area (Å²) < 4.78 is 1.10. The second kappa shape index (κ2) is 5.11. The number of hydrogen-bond donors (Lipinski definition) is 1. The number of halogens is 1. The minimum Gasteiger partial charge on any atom is -0.377 e. The Kier molecular flexibility index (Phi) is 3.33. The number of fused-ring (bicyclic) bond motifs is 1. The third-order valence-corrected chi connectivity index (χ3v) is 3.85. The molecule has 2 aromatic rings. The summed E-state index contributed by atoms with van der Waals surface area (Å²) in [5.74, 6) is 0. The Morgan fingerprint density at radius 2 is 2.17 bits per heavy atom. The number of anilines is 1. The molecule has 1 atom stereocenters. The lowest BCUT2D eigenvalue weighted by Crippen LogP contribution is -2.18. The summed E-state index contributed by atoms with van der Waals surface area (Å²) in [6, 6.07) is 12.9. The molecule has 1 N–H and O–H groups in total. The summed E-state index contributed by atoms with van der Waals surface area (Å²) in [5, 5.41) is 3.59. The fourth-order valence-corrected chi connectivity index (χ4v) is 2.93. The number of benzene rings is 1. The van der Waals surface area contributed by atoms with Crippen LogP contribution in [0.2, 0.25) is 0 Å². The lowest BCUT2D eigenvalue weighted by atomic mass is 9.92. The first-order valence-corrected chi connectivity index (χ1v) is 7.08. The molecule has 1 aliphatic rings. The van der Waals surface area contributed by atoms with Crippen molar-refractivity contribution >= 4 is 21.6 Å². The van der Waals surface area contributed by atoms with Crippen LogP contribution in [0.1, 0.15) is 30.1 Å². The summed E-state index contributed by atoms with van der Waals surface area (Å²) in [5.41, 5.74) is 3.74. The predicted octanol–water partition coefficient (Wildman–Crippen LogP) is 4.33. The number of aryl methyl sites for hydroxylation is 1. The second-order valence-electron chi connectivity index (χ2n) is 4.65. The van der Waals surface area contributed by atoms with E-state index in [1.807, 2.05) is 18.3 Å². The zero-order valence-corrected chi connectivity index (χ0v) is 11.7. The van der Waals surface area contributed by atoms with E-state index >= 15 is 0 Å². The van der Waals surface area contributed by atoms with Gasteiger partial charge < -0.3 is 5.32 Å². The Morgan fingerprint density at radius 1 is 1.22 bits per heavy atom. The lowest BCUT2D eigenvalue weighted by molar-refractivity contribution is 0.583. The Hall–Kier alpha value is -1.35. The molecule has 0 amide bonds. The van der Waals surface area contributed by atoms with Crippen LogP contribution >= 0.6 is 15.9 Å². The lowest BCUT2D eigenvalue weighted by Gasteiger charge is -2.26. The highest BCUT2D eigenvalue weighted by atomic mass is 79.9. The van der Waals surface area contributed by atoms with Crippen molar-refractivity contribution in [2.45, 2.75) is 25.3 Å². The fourth-order valence-electron chi connectivity index (χ4n) is 2.53. The van der Waals surface area contributed by atoms with E-state index in [2.05, 4.69) is 50.5 Å². The first-order valence-electron chi connectivity index (χ1n) is 6.29. The summed E-state index contributed by atoms with van der Waals surface area (Å²) in [6.07, 6.45) is 5.42. The summed E-state index contributed by atoms with van der Waals surface area (Å²) in [7, 11) is 0. The average molecular weight is 303 g/mol. The van der Waals surface area contributed by atoms with Crippen molar-refractivity contribution in [2.75, 3.05) is 5.32 Å². The van der Waals surface area contributed by atoms with Gasteiger partial charge >= 0.3 is 0 Å². The summed E-state index contributed by atoms with van der Waals surface area (Å²) in [6.45, 7) is 0. The first-order chi connectivity index (χ1) is 8.83. The molecule has 18 heavy (non-hydrogen) atoms.